The number of methoxy groups -OCH3 is 1. The van der Waals surface area contributed by atoms with Gasteiger partial charge in [0.05, 0.1) is 15.4 Å². The lowest BCUT2D eigenvalue weighted by Crippen LogP contribution is -2.37. The Bertz CT molecular complexity index is 490. The number of likely N-dealkylation sites (tertiary alicyclic amines) is 1. The fourth-order valence-electron chi connectivity index (χ4n) is 2.34. The van der Waals surface area contributed by atoms with Crippen molar-refractivity contribution in [2.24, 2.45) is 5.92 Å². The van der Waals surface area contributed by atoms with Crippen LogP contribution in [0.3, 0.4) is 0 Å². The lowest BCUT2D eigenvalue weighted by atomic mass is 10.1. The number of nitrogens with zero attached hydrogens (tertiary/aromatic N) is 2. The molecular weight excluding hydrogens is 258 g/mol. The monoisotopic (exact) mass is 283 g/mol. The molecule has 1 aromatic heterocycles. The summed E-state index contributed by atoms with van der Waals surface area (Å²) in [5, 5.41) is 0. The largest absolute Gasteiger partial charge is 0.444 e. The quantitative estimate of drug-likeness (QED) is 0.924. The average Bonchev–Trinajstić information content (AvgIpc) is 3.06. The number of carbonyl (C=O) groups excluding carboxylic acids is 1. The van der Waals surface area contributed by atoms with Crippen LogP contribution in [0.15, 0.2) is 12.4 Å². The molecule has 2 heterocycles. The minimum Gasteiger partial charge on any atom is -0.444 e. The summed E-state index contributed by atoms with van der Waals surface area (Å²) in [7, 11) is -0.261. The number of aromatic nitrogens is 2. The van der Waals surface area contributed by atoms with Gasteiger partial charge >= 0.3 is 6.09 Å². The molecule has 0 aromatic carbocycles. The van der Waals surface area contributed by atoms with Crippen molar-refractivity contribution in [2.45, 2.75) is 38.8 Å². The molecule has 6 nitrogen and oxygen atoms in total. The van der Waals surface area contributed by atoms with E-state index in [1.54, 1.807) is 17.3 Å². The normalized spacial score (nSPS) is 26.1. The van der Waals surface area contributed by atoms with E-state index in [4.69, 9.17) is 12.2 Å². The number of amides is 1. The summed E-state index contributed by atoms with van der Waals surface area (Å²) in [6.45, 7) is 4.97. The van der Waals surface area contributed by atoms with Crippen molar-refractivity contribution in [3.8, 4) is 0 Å². The van der Waals surface area contributed by atoms with Crippen LogP contribution in [0.1, 0.15) is 41.8 Å². The molecule has 20 heavy (non-hydrogen) atoms. The number of carbonyl (C=O) groups is 1. The highest BCUT2D eigenvalue weighted by Gasteiger charge is 2.39. The van der Waals surface area contributed by atoms with Gasteiger partial charge in [-0.2, -0.15) is 0 Å². The maximum atomic E-state index is 12.4. The molecule has 3 atom stereocenters. The fraction of sp³-hybridized carbons (Fsp3) is 0.714. The molecule has 0 saturated carbocycles. The summed E-state index contributed by atoms with van der Waals surface area (Å²) in [4.78, 5) is 21.2. The highest BCUT2D eigenvalue weighted by atomic mass is 16.6. The van der Waals surface area contributed by atoms with E-state index in [9.17, 15) is 4.79 Å². The molecule has 0 bridgehead atoms. The smallest absolute Gasteiger partial charge is 0.410 e. The molecule has 1 amide bonds. The lowest BCUT2D eigenvalue weighted by Gasteiger charge is -2.27. The zero-order chi connectivity index (χ0) is 16.3. The van der Waals surface area contributed by atoms with Crippen molar-refractivity contribution in [3.63, 3.8) is 0 Å². The molecular formula is C14H23N3O3. The van der Waals surface area contributed by atoms with Crippen LogP contribution in [0.5, 0.6) is 0 Å². The van der Waals surface area contributed by atoms with Gasteiger partial charge in [-0.25, -0.2) is 9.78 Å². The van der Waals surface area contributed by atoms with E-state index in [2.05, 4.69) is 9.97 Å². The third kappa shape index (κ3) is 3.50. The third-order valence-electron chi connectivity index (χ3n) is 3.09. The van der Waals surface area contributed by atoms with Gasteiger partial charge in [0.2, 0.25) is 0 Å². The average molecular weight is 283 g/mol. The standard InChI is InChI=1S/C14H23N3O3/c1-14(2,3)20-13(18)17-8-10(9-19-4)7-11(17)12-15-5-6-16-12/h5-6,10-11H,7-9H2,1-4H3,(H,15,16)/t10-,11-/m0/s1/i4D,9D/t9?,10-,11-. The van der Waals surface area contributed by atoms with Gasteiger partial charge in [0.1, 0.15) is 11.4 Å². The van der Waals surface area contributed by atoms with Gasteiger partial charge < -0.3 is 14.5 Å². The van der Waals surface area contributed by atoms with E-state index in [0.29, 0.717) is 18.8 Å². The molecule has 1 unspecified atom stereocenters. The number of H-pyrrole nitrogens is 1. The minimum absolute atomic E-state index is 0.173. The maximum absolute atomic E-state index is 12.4. The molecule has 0 spiro atoms. The second-order valence-corrected chi connectivity index (χ2v) is 5.92. The van der Waals surface area contributed by atoms with E-state index in [0.717, 1.165) is 0 Å². The molecule has 0 radical (unpaired) electrons. The molecule has 1 N–H and O–H groups in total. The Balaban J connectivity index is 2.15. The van der Waals surface area contributed by atoms with Gasteiger partial charge in [-0.3, -0.25) is 4.90 Å². The second-order valence-electron chi connectivity index (χ2n) is 5.92. The topological polar surface area (TPSA) is 67.5 Å². The zero-order valence-corrected chi connectivity index (χ0v) is 12.1. The third-order valence-corrected chi connectivity index (χ3v) is 3.09. The molecule has 112 valence electrons. The lowest BCUT2D eigenvalue weighted by molar-refractivity contribution is 0.0208. The van der Waals surface area contributed by atoms with Gasteiger partial charge in [-0.1, -0.05) is 0 Å². The summed E-state index contributed by atoms with van der Waals surface area (Å²) in [5.74, 6) is 0.499. The van der Waals surface area contributed by atoms with Crippen LogP contribution >= 0.6 is 0 Å². The molecule has 2 rings (SSSR count). The van der Waals surface area contributed by atoms with Crippen LogP contribution in [0, 0.1) is 5.92 Å². The number of ether oxygens (including phenoxy) is 2. The van der Waals surface area contributed by atoms with Crippen molar-refractivity contribution in [2.75, 3.05) is 20.2 Å². The van der Waals surface area contributed by atoms with Gasteiger partial charge in [0.25, 0.3) is 0 Å². The number of rotatable bonds is 3. The van der Waals surface area contributed by atoms with E-state index in [-0.39, 0.29) is 19.0 Å². The predicted octanol–water partition coefficient (Wildman–Crippen LogP) is 2.35. The molecule has 6 heteroatoms. The summed E-state index contributed by atoms with van der Waals surface area (Å²) >= 11 is 0. The SMILES string of the molecule is [2H]COC([2H])[C@H]1C[C@@H](c2ncc[nH]2)N(C(=O)OC(C)(C)C)C1. The van der Waals surface area contributed by atoms with Crippen LogP contribution in [0.4, 0.5) is 4.79 Å². The molecule has 1 aliphatic heterocycles. The van der Waals surface area contributed by atoms with Gasteiger partial charge in [-0.05, 0) is 27.2 Å². The molecule has 1 saturated heterocycles. The zero-order valence-electron chi connectivity index (χ0n) is 14.1. The number of hydrogen-bond acceptors (Lipinski definition) is 4. The summed E-state index contributed by atoms with van der Waals surface area (Å²) < 4.78 is 25.5. The van der Waals surface area contributed by atoms with E-state index in [1.807, 2.05) is 20.8 Å². The van der Waals surface area contributed by atoms with Crippen LogP contribution < -0.4 is 0 Å². The van der Waals surface area contributed by atoms with Gasteiger partial charge in [0, 0.05) is 31.9 Å². The van der Waals surface area contributed by atoms with Gasteiger partial charge in [0.15, 0.2) is 0 Å². The number of imidazole rings is 1. The Morgan fingerprint density at radius 1 is 1.70 bits per heavy atom. The van der Waals surface area contributed by atoms with Crippen molar-refractivity contribution >= 4 is 6.09 Å². The van der Waals surface area contributed by atoms with E-state index >= 15 is 0 Å². The van der Waals surface area contributed by atoms with Crippen LogP contribution in [-0.4, -0.2) is 46.8 Å². The summed E-state index contributed by atoms with van der Waals surface area (Å²) in [6.07, 6.45) is 3.47. The van der Waals surface area contributed by atoms with Gasteiger partial charge in [-0.15, -0.1) is 0 Å². The van der Waals surface area contributed by atoms with Crippen molar-refractivity contribution in [1.82, 2.24) is 14.9 Å². The first kappa shape index (κ1) is 12.2. The summed E-state index contributed by atoms with van der Waals surface area (Å²) in [5.41, 5.74) is -0.582. The molecule has 1 fully saturated rings. The highest BCUT2D eigenvalue weighted by Crippen LogP contribution is 2.35. The Kier molecular flexibility index (Phi) is 3.56. The van der Waals surface area contributed by atoms with Crippen molar-refractivity contribution in [1.29, 1.82) is 0 Å². The first-order valence-corrected chi connectivity index (χ1v) is 6.64. The summed E-state index contributed by atoms with van der Waals surface area (Å²) in [6, 6.07) is -0.267. The maximum Gasteiger partial charge on any atom is 0.410 e. The first-order chi connectivity index (χ1) is 10.3. The van der Waals surface area contributed by atoms with Crippen molar-refractivity contribution < 1.29 is 17.0 Å². The Labute approximate surface area is 122 Å². The van der Waals surface area contributed by atoms with E-state index in [1.165, 1.54) is 0 Å². The second kappa shape index (κ2) is 5.83. The minimum atomic E-state index is -0.831. The molecule has 1 aromatic rings. The van der Waals surface area contributed by atoms with Crippen molar-refractivity contribution in [3.05, 3.63) is 18.2 Å². The Hall–Kier alpha value is -1.56. The van der Waals surface area contributed by atoms with E-state index < -0.39 is 18.3 Å². The number of hydrogen-bond donors (Lipinski definition) is 1. The number of nitrogens with one attached hydrogen (secondary N) is 1. The Morgan fingerprint density at radius 2 is 2.50 bits per heavy atom. The Morgan fingerprint density at radius 3 is 3.10 bits per heavy atom. The van der Waals surface area contributed by atoms with Crippen LogP contribution in [0.25, 0.3) is 0 Å². The van der Waals surface area contributed by atoms with Crippen LogP contribution in [-0.2, 0) is 9.47 Å². The highest BCUT2D eigenvalue weighted by molar-refractivity contribution is 5.69. The first-order valence-electron chi connectivity index (χ1n) is 7.92. The fourth-order valence-corrected chi connectivity index (χ4v) is 2.34. The molecule has 1 aliphatic rings. The number of aromatic amines is 1. The predicted molar refractivity (Wildman–Crippen MR) is 74.3 cm³/mol. The molecule has 0 aliphatic carbocycles. The van der Waals surface area contributed by atoms with Crippen LogP contribution in [0.2, 0.25) is 0 Å².